The predicted molar refractivity (Wildman–Crippen MR) is 63.5 cm³/mol. The minimum atomic E-state index is -4.67. The third kappa shape index (κ3) is 7.30. The summed E-state index contributed by atoms with van der Waals surface area (Å²) < 4.78 is 39.5. The van der Waals surface area contributed by atoms with Gasteiger partial charge in [0, 0.05) is 26.6 Å². The topological polar surface area (TPSA) is 50.4 Å². The Morgan fingerprint density at radius 3 is 2.37 bits per heavy atom. The molecule has 0 aliphatic carbocycles. The van der Waals surface area contributed by atoms with Gasteiger partial charge in [-0.3, -0.25) is 4.79 Å². The molecule has 0 saturated carbocycles. The lowest BCUT2D eigenvalue weighted by Crippen LogP contribution is -2.29. The summed E-state index contributed by atoms with van der Waals surface area (Å²) in [4.78, 5) is 10.6. The van der Waals surface area contributed by atoms with E-state index >= 15 is 0 Å². The average Bonchev–Trinajstić information content (AvgIpc) is 2.28. The van der Waals surface area contributed by atoms with Gasteiger partial charge in [-0.1, -0.05) is 12.1 Å². The van der Waals surface area contributed by atoms with Crippen molar-refractivity contribution in [2.45, 2.75) is 19.8 Å². The molecule has 19 heavy (non-hydrogen) atoms. The maximum Gasteiger partial charge on any atom is 0.573 e. The van der Waals surface area contributed by atoms with Crippen molar-refractivity contribution in [1.82, 2.24) is 10.6 Å². The van der Waals surface area contributed by atoms with E-state index in [-0.39, 0.29) is 11.7 Å². The van der Waals surface area contributed by atoms with Gasteiger partial charge >= 0.3 is 6.36 Å². The summed E-state index contributed by atoms with van der Waals surface area (Å²) >= 11 is 0. The average molecular weight is 276 g/mol. The summed E-state index contributed by atoms with van der Waals surface area (Å²) in [6.45, 7) is 3.02. The van der Waals surface area contributed by atoms with Gasteiger partial charge in [0.2, 0.25) is 5.91 Å². The molecule has 1 aromatic rings. The first kappa shape index (κ1) is 15.3. The first-order chi connectivity index (χ1) is 8.87. The highest BCUT2D eigenvalue weighted by Gasteiger charge is 2.30. The monoisotopic (exact) mass is 276 g/mol. The van der Waals surface area contributed by atoms with Crippen molar-refractivity contribution >= 4 is 5.91 Å². The quantitative estimate of drug-likeness (QED) is 0.779. The Kier molecular flexibility index (Phi) is 5.62. The molecule has 0 saturated heterocycles. The van der Waals surface area contributed by atoms with Crippen molar-refractivity contribution in [3.8, 4) is 5.75 Å². The van der Waals surface area contributed by atoms with Crippen LogP contribution in [0.3, 0.4) is 0 Å². The highest BCUT2D eigenvalue weighted by Crippen LogP contribution is 2.22. The second kappa shape index (κ2) is 6.98. The van der Waals surface area contributed by atoms with Crippen LogP contribution in [0.5, 0.6) is 5.75 Å². The van der Waals surface area contributed by atoms with Crippen LogP contribution >= 0.6 is 0 Å². The highest BCUT2D eigenvalue weighted by molar-refractivity contribution is 5.72. The molecular weight excluding hydrogens is 261 g/mol. The molecule has 4 nitrogen and oxygen atoms in total. The molecule has 2 N–H and O–H groups in total. The van der Waals surface area contributed by atoms with Crippen LogP contribution in [-0.4, -0.2) is 25.4 Å². The smallest absolute Gasteiger partial charge is 0.406 e. The first-order valence-electron chi connectivity index (χ1n) is 5.66. The Hall–Kier alpha value is -1.76. The predicted octanol–water partition coefficient (Wildman–Crippen LogP) is 1.81. The third-order valence-corrected chi connectivity index (χ3v) is 2.16. The molecule has 0 fully saturated rings. The van der Waals surface area contributed by atoms with Gasteiger partial charge < -0.3 is 15.4 Å². The normalized spacial score (nSPS) is 11.2. The molecule has 0 unspecified atom stereocenters. The molecule has 0 aliphatic rings. The Labute approximate surface area is 108 Å². The Balaban J connectivity index is 2.30. The maximum atomic E-state index is 11.9. The second-order valence-electron chi connectivity index (χ2n) is 3.85. The summed E-state index contributed by atoms with van der Waals surface area (Å²) in [7, 11) is 0. The molecule has 0 heterocycles. The van der Waals surface area contributed by atoms with Gasteiger partial charge in [-0.05, 0) is 17.7 Å². The number of hydrogen-bond donors (Lipinski definition) is 2. The number of hydrogen-bond acceptors (Lipinski definition) is 3. The van der Waals surface area contributed by atoms with Crippen LogP contribution in [0.1, 0.15) is 12.5 Å². The fourth-order valence-corrected chi connectivity index (χ4v) is 1.37. The van der Waals surface area contributed by atoms with Crippen LogP contribution in [0.4, 0.5) is 13.2 Å². The molecule has 0 aromatic heterocycles. The van der Waals surface area contributed by atoms with Crippen molar-refractivity contribution < 1.29 is 22.7 Å². The van der Waals surface area contributed by atoms with Crippen LogP contribution < -0.4 is 15.4 Å². The largest absolute Gasteiger partial charge is 0.573 e. The van der Waals surface area contributed by atoms with Crippen molar-refractivity contribution in [3.63, 3.8) is 0 Å². The van der Waals surface area contributed by atoms with Crippen LogP contribution in [0, 0.1) is 0 Å². The Bertz CT molecular complexity index is 404. The van der Waals surface area contributed by atoms with Gasteiger partial charge in [-0.15, -0.1) is 13.2 Å². The molecule has 1 rings (SSSR count). The van der Waals surface area contributed by atoms with Gasteiger partial charge in [0.15, 0.2) is 0 Å². The zero-order valence-electron chi connectivity index (χ0n) is 10.4. The molecule has 0 bridgehead atoms. The number of carbonyl (C=O) groups is 1. The first-order valence-corrected chi connectivity index (χ1v) is 5.66. The van der Waals surface area contributed by atoms with Crippen LogP contribution in [-0.2, 0) is 11.3 Å². The Morgan fingerprint density at radius 1 is 1.21 bits per heavy atom. The molecule has 106 valence electrons. The van der Waals surface area contributed by atoms with Crippen molar-refractivity contribution in [2.75, 3.05) is 13.1 Å². The number of ether oxygens (including phenoxy) is 1. The number of rotatable bonds is 6. The van der Waals surface area contributed by atoms with Gasteiger partial charge in [0.1, 0.15) is 5.75 Å². The minimum absolute atomic E-state index is 0.101. The minimum Gasteiger partial charge on any atom is -0.406 e. The Morgan fingerprint density at radius 2 is 1.84 bits per heavy atom. The lowest BCUT2D eigenvalue weighted by molar-refractivity contribution is -0.274. The van der Waals surface area contributed by atoms with E-state index in [1.807, 2.05) is 0 Å². The summed E-state index contributed by atoms with van der Waals surface area (Å²) in [6.07, 6.45) is -4.67. The van der Waals surface area contributed by atoms with Gasteiger partial charge in [0.25, 0.3) is 0 Å². The standard InChI is InChI=1S/C12H15F3N2O2/c1-9(18)17-7-6-16-8-10-2-4-11(5-3-10)19-12(13,14)15/h2-5,16H,6-8H2,1H3,(H,17,18). The molecule has 1 amide bonds. The number of halogens is 3. The number of carbonyl (C=O) groups excluding carboxylic acids is 1. The van der Waals surface area contributed by atoms with E-state index in [1.165, 1.54) is 19.1 Å². The SMILES string of the molecule is CC(=O)NCCNCc1ccc(OC(F)(F)F)cc1. The fourth-order valence-electron chi connectivity index (χ4n) is 1.37. The number of nitrogens with one attached hydrogen (secondary N) is 2. The number of amides is 1. The summed E-state index contributed by atoms with van der Waals surface area (Å²) in [5.74, 6) is -0.343. The molecule has 0 aliphatic heterocycles. The number of benzene rings is 1. The van der Waals surface area contributed by atoms with E-state index in [2.05, 4.69) is 15.4 Å². The van der Waals surface area contributed by atoms with Gasteiger partial charge in [0.05, 0.1) is 0 Å². The maximum absolute atomic E-state index is 11.9. The molecule has 0 spiro atoms. The van der Waals surface area contributed by atoms with E-state index in [9.17, 15) is 18.0 Å². The van der Waals surface area contributed by atoms with Crippen LogP contribution in [0.15, 0.2) is 24.3 Å². The lowest BCUT2D eigenvalue weighted by Gasteiger charge is -2.09. The second-order valence-corrected chi connectivity index (χ2v) is 3.85. The highest BCUT2D eigenvalue weighted by atomic mass is 19.4. The molecule has 1 aromatic carbocycles. The summed E-state index contributed by atoms with van der Waals surface area (Å²) in [5.41, 5.74) is 0.831. The van der Waals surface area contributed by atoms with E-state index in [1.54, 1.807) is 12.1 Å². The molecule has 7 heteroatoms. The van der Waals surface area contributed by atoms with Crippen molar-refractivity contribution in [3.05, 3.63) is 29.8 Å². The van der Waals surface area contributed by atoms with E-state index in [0.717, 1.165) is 5.56 Å². The number of alkyl halides is 3. The summed E-state index contributed by atoms with van der Waals surface area (Å²) in [5, 5.41) is 5.67. The zero-order valence-corrected chi connectivity index (χ0v) is 10.4. The van der Waals surface area contributed by atoms with Crippen molar-refractivity contribution in [1.29, 1.82) is 0 Å². The molecular formula is C12H15F3N2O2. The van der Waals surface area contributed by atoms with Crippen LogP contribution in [0.2, 0.25) is 0 Å². The molecule has 0 radical (unpaired) electrons. The van der Waals surface area contributed by atoms with E-state index < -0.39 is 6.36 Å². The zero-order chi connectivity index (χ0) is 14.3. The van der Waals surface area contributed by atoms with E-state index in [4.69, 9.17) is 0 Å². The van der Waals surface area contributed by atoms with E-state index in [0.29, 0.717) is 19.6 Å². The lowest BCUT2D eigenvalue weighted by atomic mass is 10.2. The van der Waals surface area contributed by atoms with Gasteiger partial charge in [-0.25, -0.2) is 0 Å². The fraction of sp³-hybridized carbons (Fsp3) is 0.417. The van der Waals surface area contributed by atoms with Gasteiger partial charge in [-0.2, -0.15) is 0 Å². The summed E-state index contributed by atoms with van der Waals surface area (Å²) in [6, 6.07) is 5.62. The molecule has 0 atom stereocenters. The van der Waals surface area contributed by atoms with Crippen LogP contribution in [0.25, 0.3) is 0 Å². The third-order valence-electron chi connectivity index (χ3n) is 2.16. The van der Waals surface area contributed by atoms with Crippen molar-refractivity contribution in [2.24, 2.45) is 0 Å².